The Kier molecular flexibility index (Phi) is 6.56. The Balaban J connectivity index is 2.07. The van der Waals surface area contributed by atoms with E-state index in [9.17, 15) is 4.79 Å². The molecular formula is C20H20O3. The minimum atomic E-state index is -1.10. The highest BCUT2D eigenvalue weighted by Gasteiger charge is 2.31. The molecule has 3 heteroatoms. The van der Waals surface area contributed by atoms with Crippen LogP contribution in [0.4, 0.5) is 0 Å². The maximum Gasteiger partial charge on any atom is 0.186 e. The third-order valence-corrected chi connectivity index (χ3v) is 3.46. The maximum absolute atomic E-state index is 11.1. The molecule has 0 radical (unpaired) electrons. The third-order valence-electron chi connectivity index (χ3n) is 3.46. The van der Waals surface area contributed by atoms with E-state index >= 15 is 0 Å². The molecule has 118 valence electrons. The van der Waals surface area contributed by atoms with Crippen molar-refractivity contribution >= 4 is 6.29 Å². The normalized spacial score (nSPS) is 10.9. The van der Waals surface area contributed by atoms with E-state index in [-0.39, 0.29) is 12.8 Å². The molecule has 3 nitrogen and oxygen atoms in total. The van der Waals surface area contributed by atoms with Gasteiger partial charge in [-0.2, -0.15) is 0 Å². The second-order valence-corrected chi connectivity index (χ2v) is 5.21. The van der Waals surface area contributed by atoms with Crippen LogP contribution in [0.2, 0.25) is 0 Å². The van der Waals surface area contributed by atoms with Crippen LogP contribution >= 0.6 is 0 Å². The molecule has 0 atom stereocenters. The van der Waals surface area contributed by atoms with Crippen molar-refractivity contribution in [3.63, 3.8) is 0 Å². The molecule has 0 bridgehead atoms. The van der Waals surface area contributed by atoms with Gasteiger partial charge >= 0.3 is 0 Å². The molecule has 0 heterocycles. The van der Waals surface area contributed by atoms with E-state index < -0.39 is 5.79 Å². The zero-order valence-corrected chi connectivity index (χ0v) is 13.0. The van der Waals surface area contributed by atoms with Crippen molar-refractivity contribution in [1.82, 2.24) is 0 Å². The van der Waals surface area contributed by atoms with Crippen LogP contribution in [0.5, 0.6) is 0 Å². The van der Waals surface area contributed by atoms with Crippen LogP contribution in [0.3, 0.4) is 0 Å². The summed E-state index contributed by atoms with van der Waals surface area (Å²) in [6, 6.07) is 19.5. The van der Waals surface area contributed by atoms with E-state index in [1.165, 1.54) is 0 Å². The molecule has 0 unspecified atom stereocenters. The average Bonchev–Trinajstić information content (AvgIpc) is 2.60. The first-order chi connectivity index (χ1) is 11.3. The number of benzene rings is 2. The van der Waals surface area contributed by atoms with Crippen LogP contribution in [0.25, 0.3) is 0 Å². The lowest BCUT2D eigenvalue weighted by atomic mass is 10.1. The summed E-state index contributed by atoms with van der Waals surface area (Å²) in [6.07, 6.45) is 6.55. The first-order valence-electron chi connectivity index (χ1n) is 7.51. The summed E-state index contributed by atoms with van der Waals surface area (Å²) in [7, 11) is 0. The molecule has 0 aliphatic heterocycles. The lowest BCUT2D eigenvalue weighted by molar-refractivity contribution is -0.246. The summed E-state index contributed by atoms with van der Waals surface area (Å²) in [4.78, 5) is 11.1. The predicted molar refractivity (Wildman–Crippen MR) is 89.3 cm³/mol. The third kappa shape index (κ3) is 5.37. The molecule has 2 aromatic carbocycles. The zero-order chi connectivity index (χ0) is 16.4. The molecule has 2 rings (SSSR count). The number of terminal acetylenes is 1. The van der Waals surface area contributed by atoms with Crippen molar-refractivity contribution in [2.24, 2.45) is 0 Å². The van der Waals surface area contributed by atoms with Gasteiger partial charge in [-0.05, 0) is 11.1 Å². The van der Waals surface area contributed by atoms with E-state index in [0.29, 0.717) is 13.2 Å². The molecular weight excluding hydrogens is 288 g/mol. The van der Waals surface area contributed by atoms with Gasteiger partial charge in [0.2, 0.25) is 0 Å². The number of carbonyl (C=O) groups is 1. The Labute approximate surface area is 137 Å². The highest BCUT2D eigenvalue weighted by molar-refractivity contribution is 5.51. The van der Waals surface area contributed by atoms with Gasteiger partial charge in [-0.1, -0.05) is 60.7 Å². The van der Waals surface area contributed by atoms with E-state index in [1.54, 1.807) is 0 Å². The summed E-state index contributed by atoms with van der Waals surface area (Å²) >= 11 is 0. The monoisotopic (exact) mass is 308 g/mol. The van der Waals surface area contributed by atoms with Crippen molar-refractivity contribution in [3.05, 3.63) is 71.8 Å². The van der Waals surface area contributed by atoms with E-state index in [1.807, 2.05) is 60.7 Å². The van der Waals surface area contributed by atoms with Crippen LogP contribution < -0.4 is 0 Å². The molecule has 0 spiro atoms. The van der Waals surface area contributed by atoms with Gasteiger partial charge in [-0.3, -0.25) is 0 Å². The second-order valence-electron chi connectivity index (χ2n) is 5.21. The van der Waals surface area contributed by atoms with Gasteiger partial charge in [0, 0.05) is 0 Å². The molecule has 0 amide bonds. The van der Waals surface area contributed by atoms with Crippen LogP contribution in [-0.2, 0) is 27.5 Å². The van der Waals surface area contributed by atoms with Gasteiger partial charge in [0.1, 0.15) is 6.29 Å². The van der Waals surface area contributed by atoms with Gasteiger partial charge < -0.3 is 14.3 Å². The summed E-state index contributed by atoms with van der Waals surface area (Å²) in [5.41, 5.74) is 2.01. The highest BCUT2D eigenvalue weighted by atomic mass is 16.7. The van der Waals surface area contributed by atoms with Gasteiger partial charge in [0.15, 0.2) is 5.79 Å². The first kappa shape index (κ1) is 17.0. The van der Waals surface area contributed by atoms with E-state index in [4.69, 9.17) is 15.9 Å². The van der Waals surface area contributed by atoms with Crippen LogP contribution in [0, 0.1) is 12.3 Å². The van der Waals surface area contributed by atoms with E-state index in [0.717, 1.165) is 17.4 Å². The number of ether oxygens (including phenoxy) is 2. The van der Waals surface area contributed by atoms with Crippen LogP contribution in [0.15, 0.2) is 60.7 Å². The van der Waals surface area contributed by atoms with Crippen molar-refractivity contribution in [2.75, 3.05) is 0 Å². The lowest BCUT2D eigenvalue weighted by Crippen LogP contribution is -2.36. The minimum absolute atomic E-state index is 0.0941. The summed E-state index contributed by atoms with van der Waals surface area (Å²) in [6.45, 7) is 0.677. The Morgan fingerprint density at radius 1 is 0.913 bits per heavy atom. The average molecular weight is 308 g/mol. The highest BCUT2D eigenvalue weighted by Crippen LogP contribution is 2.25. The SMILES string of the molecule is C#CCC(CC=O)(OCc1ccccc1)OCc1ccccc1. The quantitative estimate of drug-likeness (QED) is 0.402. The fraction of sp³-hybridized carbons (Fsp3) is 0.250. The molecule has 0 saturated carbocycles. The smallest absolute Gasteiger partial charge is 0.186 e. The maximum atomic E-state index is 11.1. The number of hydrogen-bond acceptors (Lipinski definition) is 3. The van der Waals surface area contributed by atoms with Gasteiger partial charge in [-0.15, -0.1) is 12.3 Å². The molecule has 0 saturated heterocycles. The van der Waals surface area contributed by atoms with Gasteiger partial charge in [0.05, 0.1) is 26.1 Å². The number of carbonyl (C=O) groups excluding carboxylic acids is 1. The second kappa shape index (κ2) is 8.89. The Hall–Kier alpha value is -2.41. The van der Waals surface area contributed by atoms with Crippen molar-refractivity contribution in [1.29, 1.82) is 0 Å². The van der Waals surface area contributed by atoms with Crippen molar-refractivity contribution < 1.29 is 14.3 Å². The Bertz CT molecular complexity index is 585. The molecule has 0 N–H and O–H groups in total. The molecule has 23 heavy (non-hydrogen) atoms. The number of aldehydes is 1. The van der Waals surface area contributed by atoms with Crippen molar-refractivity contribution in [3.8, 4) is 12.3 Å². The topological polar surface area (TPSA) is 35.5 Å². The molecule has 0 aliphatic rings. The summed E-state index contributed by atoms with van der Waals surface area (Å²) < 4.78 is 11.8. The van der Waals surface area contributed by atoms with Crippen LogP contribution in [0.1, 0.15) is 24.0 Å². The minimum Gasteiger partial charge on any atom is -0.344 e. The summed E-state index contributed by atoms with van der Waals surface area (Å²) in [5, 5.41) is 0. The molecule has 0 fully saturated rings. The summed E-state index contributed by atoms with van der Waals surface area (Å²) in [5.74, 6) is 1.46. The molecule has 0 aliphatic carbocycles. The lowest BCUT2D eigenvalue weighted by Gasteiger charge is -2.31. The van der Waals surface area contributed by atoms with Crippen molar-refractivity contribution in [2.45, 2.75) is 31.8 Å². The standard InChI is InChI=1S/C20H20O3/c1-2-13-20(14-15-21,22-16-18-9-5-3-6-10-18)23-17-19-11-7-4-8-12-19/h1,3-12,15H,13-14,16-17H2. The number of hydrogen-bond donors (Lipinski definition) is 0. The fourth-order valence-electron chi connectivity index (χ4n) is 2.19. The number of rotatable bonds is 9. The fourth-order valence-corrected chi connectivity index (χ4v) is 2.19. The van der Waals surface area contributed by atoms with Crippen LogP contribution in [-0.4, -0.2) is 12.1 Å². The Morgan fingerprint density at radius 2 is 1.39 bits per heavy atom. The zero-order valence-electron chi connectivity index (χ0n) is 13.0. The first-order valence-corrected chi connectivity index (χ1v) is 7.51. The van der Waals surface area contributed by atoms with Gasteiger partial charge in [0.25, 0.3) is 0 Å². The molecule has 2 aromatic rings. The predicted octanol–water partition coefficient (Wildman–Crippen LogP) is 3.73. The largest absolute Gasteiger partial charge is 0.344 e. The van der Waals surface area contributed by atoms with E-state index in [2.05, 4.69) is 5.92 Å². The van der Waals surface area contributed by atoms with Gasteiger partial charge in [-0.25, -0.2) is 0 Å². The molecule has 0 aromatic heterocycles. The Morgan fingerprint density at radius 3 is 1.78 bits per heavy atom.